The van der Waals surface area contributed by atoms with Gasteiger partial charge in [0.2, 0.25) is 0 Å². The van der Waals surface area contributed by atoms with Gasteiger partial charge in [0.05, 0.1) is 6.10 Å². The first-order valence-corrected chi connectivity index (χ1v) is 6.92. The largest absolute Gasteiger partial charge is 0.376 e. The number of hydrogen-bond donors (Lipinski definition) is 1. The Hall–Kier alpha value is -1.36. The maximum atomic E-state index is 12.3. The maximum Gasteiger partial charge on any atom is 0.293 e. The topological polar surface area (TPSA) is 56.1 Å². The second kappa shape index (κ2) is 5.74. The van der Waals surface area contributed by atoms with Gasteiger partial charge >= 0.3 is 0 Å². The third-order valence-electron chi connectivity index (χ3n) is 3.33. The molecular formula is C14H23N3O2. The maximum absolute atomic E-state index is 12.3. The van der Waals surface area contributed by atoms with Crippen LogP contribution in [0.15, 0.2) is 17.2 Å². The molecule has 1 atom stereocenters. The molecule has 1 aromatic heterocycles. The minimum absolute atomic E-state index is 0.0780. The molecule has 0 spiro atoms. The first kappa shape index (κ1) is 14.1. The fourth-order valence-electron chi connectivity index (χ4n) is 2.24. The van der Waals surface area contributed by atoms with Crippen molar-refractivity contribution >= 4 is 5.82 Å². The summed E-state index contributed by atoms with van der Waals surface area (Å²) >= 11 is 0. The Kier molecular flexibility index (Phi) is 4.24. The number of ether oxygens (including phenoxy) is 1. The fraction of sp³-hybridized carbons (Fsp3) is 0.714. The van der Waals surface area contributed by atoms with Gasteiger partial charge in [-0.05, 0) is 40.0 Å². The Morgan fingerprint density at radius 3 is 2.89 bits per heavy atom. The van der Waals surface area contributed by atoms with Crippen LogP contribution in [0.25, 0.3) is 0 Å². The van der Waals surface area contributed by atoms with Crippen LogP contribution in [0.4, 0.5) is 5.82 Å². The summed E-state index contributed by atoms with van der Waals surface area (Å²) in [5.74, 6) is 0.409. The summed E-state index contributed by atoms with van der Waals surface area (Å²) in [6, 6.07) is 0. The standard InChI is InChI=1S/C14H23N3O2/c1-14(2,3)17-8-7-15-12(13(17)18)16-10-11-6-4-5-9-19-11/h7-8,11H,4-6,9-10H2,1-3H3,(H,15,16). The zero-order valence-electron chi connectivity index (χ0n) is 12.0. The molecule has 0 bridgehead atoms. The van der Waals surface area contributed by atoms with Crippen LogP contribution in [-0.4, -0.2) is 28.8 Å². The van der Waals surface area contributed by atoms with Crippen LogP contribution in [0.1, 0.15) is 40.0 Å². The Morgan fingerprint density at radius 2 is 2.26 bits per heavy atom. The summed E-state index contributed by atoms with van der Waals surface area (Å²) in [7, 11) is 0. The highest BCUT2D eigenvalue weighted by atomic mass is 16.5. The van der Waals surface area contributed by atoms with E-state index in [1.165, 1.54) is 6.42 Å². The average Bonchev–Trinajstić information content (AvgIpc) is 2.37. The lowest BCUT2D eigenvalue weighted by Gasteiger charge is -2.24. The molecule has 2 rings (SSSR count). The molecule has 1 unspecified atom stereocenters. The highest BCUT2D eigenvalue weighted by Crippen LogP contribution is 2.13. The van der Waals surface area contributed by atoms with Gasteiger partial charge < -0.3 is 14.6 Å². The zero-order valence-corrected chi connectivity index (χ0v) is 12.0. The summed E-state index contributed by atoms with van der Waals surface area (Å²) in [4.78, 5) is 16.4. The number of nitrogens with zero attached hydrogens (tertiary/aromatic N) is 2. The van der Waals surface area contributed by atoms with Gasteiger partial charge in [0, 0.05) is 31.1 Å². The summed E-state index contributed by atoms with van der Waals surface area (Å²) < 4.78 is 7.34. The predicted octanol–water partition coefficient (Wildman–Crippen LogP) is 1.98. The Labute approximate surface area is 114 Å². The molecule has 5 nitrogen and oxygen atoms in total. The van der Waals surface area contributed by atoms with E-state index in [1.807, 2.05) is 20.8 Å². The van der Waals surface area contributed by atoms with E-state index < -0.39 is 0 Å². The van der Waals surface area contributed by atoms with E-state index >= 15 is 0 Å². The van der Waals surface area contributed by atoms with E-state index in [1.54, 1.807) is 17.0 Å². The summed E-state index contributed by atoms with van der Waals surface area (Å²) in [6.45, 7) is 7.48. The van der Waals surface area contributed by atoms with Crippen molar-refractivity contribution in [3.8, 4) is 0 Å². The third-order valence-corrected chi connectivity index (χ3v) is 3.33. The normalized spacial score (nSPS) is 20.3. The predicted molar refractivity (Wildman–Crippen MR) is 75.6 cm³/mol. The van der Waals surface area contributed by atoms with Gasteiger partial charge in [-0.15, -0.1) is 0 Å². The van der Waals surface area contributed by atoms with Crippen molar-refractivity contribution < 1.29 is 4.74 Å². The molecule has 1 N–H and O–H groups in total. The smallest absolute Gasteiger partial charge is 0.293 e. The van der Waals surface area contributed by atoms with Crippen molar-refractivity contribution in [3.05, 3.63) is 22.7 Å². The van der Waals surface area contributed by atoms with E-state index in [4.69, 9.17) is 4.74 Å². The van der Waals surface area contributed by atoms with E-state index in [0.29, 0.717) is 12.4 Å². The highest BCUT2D eigenvalue weighted by Gasteiger charge is 2.18. The van der Waals surface area contributed by atoms with Gasteiger partial charge in [0.1, 0.15) is 0 Å². The summed E-state index contributed by atoms with van der Waals surface area (Å²) in [5.41, 5.74) is -0.316. The first-order chi connectivity index (χ1) is 8.98. The molecular weight excluding hydrogens is 242 g/mol. The molecule has 1 saturated heterocycles. The molecule has 106 valence electrons. The number of anilines is 1. The van der Waals surface area contributed by atoms with Crippen molar-refractivity contribution in [3.63, 3.8) is 0 Å². The first-order valence-electron chi connectivity index (χ1n) is 6.92. The number of nitrogens with one attached hydrogen (secondary N) is 1. The van der Waals surface area contributed by atoms with Gasteiger partial charge in [-0.3, -0.25) is 4.79 Å². The lowest BCUT2D eigenvalue weighted by atomic mass is 10.1. The van der Waals surface area contributed by atoms with Crippen molar-refractivity contribution in [1.82, 2.24) is 9.55 Å². The molecule has 0 saturated carbocycles. The average molecular weight is 265 g/mol. The van der Waals surface area contributed by atoms with Gasteiger partial charge in [-0.1, -0.05) is 0 Å². The van der Waals surface area contributed by atoms with E-state index in [9.17, 15) is 4.79 Å². The minimum Gasteiger partial charge on any atom is -0.376 e. The third kappa shape index (κ3) is 3.56. The van der Waals surface area contributed by atoms with Crippen molar-refractivity contribution in [2.45, 2.75) is 51.7 Å². The van der Waals surface area contributed by atoms with Gasteiger partial charge in [0.25, 0.3) is 5.56 Å². The van der Waals surface area contributed by atoms with Crippen molar-refractivity contribution in [1.29, 1.82) is 0 Å². The van der Waals surface area contributed by atoms with Crippen LogP contribution < -0.4 is 10.9 Å². The molecule has 0 amide bonds. The second-order valence-electron chi connectivity index (χ2n) is 5.99. The highest BCUT2D eigenvalue weighted by molar-refractivity contribution is 5.31. The number of hydrogen-bond acceptors (Lipinski definition) is 4. The second-order valence-corrected chi connectivity index (χ2v) is 5.99. The fourth-order valence-corrected chi connectivity index (χ4v) is 2.24. The zero-order chi connectivity index (χ0) is 13.9. The molecule has 1 fully saturated rings. The molecule has 2 heterocycles. The molecule has 19 heavy (non-hydrogen) atoms. The van der Waals surface area contributed by atoms with E-state index in [0.717, 1.165) is 19.4 Å². The number of aromatic nitrogens is 2. The molecule has 0 radical (unpaired) electrons. The lowest BCUT2D eigenvalue weighted by Crippen LogP contribution is -2.36. The van der Waals surface area contributed by atoms with Crippen LogP contribution in [0, 0.1) is 0 Å². The van der Waals surface area contributed by atoms with Gasteiger partial charge in [-0.25, -0.2) is 4.98 Å². The monoisotopic (exact) mass is 265 g/mol. The van der Waals surface area contributed by atoms with Crippen LogP contribution in [0.3, 0.4) is 0 Å². The Morgan fingerprint density at radius 1 is 1.47 bits per heavy atom. The molecule has 0 aromatic carbocycles. The van der Waals surface area contributed by atoms with Gasteiger partial charge in [-0.2, -0.15) is 0 Å². The van der Waals surface area contributed by atoms with Crippen molar-refractivity contribution in [2.24, 2.45) is 0 Å². The SMILES string of the molecule is CC(C)(C)n1ccnc(NCC2CCCCO2)c1=O. The Balaban J connectivity index is 2.06. The van der Waals surface area contributed by atoms with Crippen molar-refractivity contribution in [2.75, 3.05) is 18.5 Å². The van der Waals surface area contributed by atoms with Crippen LogP contribution in [-0.2, 0) is 10.3 Å². The minimum atomic E-state index is -0.238. The molecule has 1 aliphatic heterocycles. The van der Waals surface area contributed by atoms with Gasteiger partial charge in [0.15, 0.2) is 5.82 Å². The molecule has 0 aliphatic carbocycles. The quantitative estimate of drug-likeness (QED) is 0.908. The van der Waals surface area contributed by atoms with Crippen LogP contribution in [0.5, 0.6) is 0 Å². The van der Waals surface area contributed by atoms with E-state index in [-0.39, 0.29) is 17.2 Å². The number of rotatable bonds is 3. The molecule has 5 heteroatoms. The molecule has 1 aromatic rings. The van der Waals surface area contributed by atoms with Crippen LogP contribution >= 0.6 is 0 Å². The lowest BCUT2D eigenvalue weighted by molar-refractivity contribution is 0.0247. The van der Waals surface area contributed by atoms with Crippen LogP contribution in [0.2, 0.25) is 0 Å². The molecule has 1 aliphatic rings. The van der Waals surface area contributed by atoms with E-state index in [2.05, 4.69) is 10.3 Å². The Bertz CT molecular complexity index is 470. The summed E-state index contributed by atoms with van der Waals surface area (Å²) in [6.07, 6.45) is 6.96. The summed E-state index contributed by atoms with van der Waals surface area (Å²) in [5, 5.41) is 3.13.